The molecule has 0 saturated carbocycles. The van der Waals surface area contributed by atoms with E-state index >= 15 is 0 Å². The van der Waals surface area contributed by atoms with Crippen molar-refractivity contribution in [2.45, 2.75) is 49.2 Å². The molecule has 31 heavy (non-hydrogen) atoms. The second kappa shape index (κ2) is 11.4. The molecule has 1 aromatic rings. The van der Waals surface area contributed by atoms with Gasteiger partial charge in [0.25, 0.3) is 0 Å². The van der Waals surface area contributed by atoms with Crippen LogP contribution in [0, 0.1) is 7.14 Å². The lowest BCUT2D eigenvalue weighted by Gasteiger charge is -2.22. The van der Waals surface area contributed by atoms with Gasteiger partial charge in [-0.25, -0.2) is 9.59 Å². The minimum absolute atomic E-state index is 0.0469. The van der Waals surface area contributed by atoms with Crippen LogP contribution in [0.2, 0.25) is 0 Å². The second-order valence-corrected chi connectivity index (χ2v) is 12.7. The highest BCUT2D eigenvalue weighted by Gasteiger charge is 2.26. The number of aliphatic hydroxyl groups is 1. The van der Waals surface area contributed by atoms with Crippen LogP contribution < -0.4 is 10.1 Å². The van der Waals surface area contributed by atoms with E-state index in [-0.39, 0.29) is 10.3 Å². The SMILES string of the molecule is CC(C)(C)OC(=O)NC(Cc1cc(I)c(OC2=CC(I)=C(O)C(I)C2)c(I)c1)C(=O)O. The number of allylic oxidation sites excluding steroid dienone is 4. The molecule has 11 heteroatoms. The van der Waals surface area contributed by atoms with Crippen LogP contribution in [-0.4, -0.2) is 37.8 Å². The van der Waals surface area contributed by atoms with Gasteiger partial charge in [0.15, 0.2) is 5.75 Å². The van der Waals surface area contributed by atoms with Crippen molar-refractivity contribution in [2.24, 2.45) is 0 Å². The van der Waals surface area contributed by atoms with Gasteiger partial charge in [-0.2, -0.15) is 0 Å². The average molecular weight is 879 g/mol. The number of ether oxygens (including phenoxy) is 2. The number of carboxylic acids is 1. The van der Waals surface area contributed by atoms with Gasteiger partial charge in [0.1, 0.15) is 23.2 Å². The first-order valence-electron chi connectivity index (χ1n) is 9.08. The van der Waals surface area contributed by atoms with Crippen molar-refractivity contribution in [2.75, 3.05) is 0 Å². The first-order valence-corrected chi connectivity index (χ1v) is 13.6. The standard InChI is InChI=1S/C20H21I4NO6/c1-20(2,3)31-19(29)25-15(18(27)28)6-9-4-13(23)17(14(24)5-9)30-10-7-11(21)16(26)12(22)8-10/h4-5,7,12,15,26H,6,8H2,1-3H3,(H,25,29)(H,27,28). The zero-order valence-electron chi connectivity index (χ0n) is 16.8. The molecular weight excluding hydrogens is 858 g/mol. The Balaban J connectivity index is 2.18. The normalized spacial score (nSPS) is 17.6. The van der Waals surface area contributed by atoms with Gasteiger partial charge in [-0.15, -0.1) is 0 Å². The summed E-state index contributed by atoms with van der Waals surface area (Å²) in [6.07, 6.45) is 1.73. The predicted octanol–water partition coefficient (Wildman–Crippen LogP) is 6.09. The lowest BCUT2D eigenvalue weighted by molar-refractivity contribution is -0.139. The Morgan fingerprint density at radius 3 is 2.29 bits per heavy atom. The third-order valence-electron chi connectivity index (χ3n) is 3.93. The molecule has 0 aliphatic heterocycles. The van der Waals surface area contributed by atoms with Gasteiger partial charge in [0.2, 0.25) is 0 Å². The van der Waals surface area contributed by atoms with Crippen LogP contribution in [-0.2, 0) is 16.0 Å². The zero-order valence-corrected chi connectivity index (χ0v) is 25.5. The number of benzene rings is 1. The summed E-state index contributed by atoms with van der Waals surface area (Å²) in [7, 11) is 0. The molecule has 0 heterocycles. The number of alkyl halides is 1. The largest absolute Gasteiger partial charge is 0.510 e. The molecule has 2 unspecified atom stereocenters. The Hall–Kier alpha value is -0.0400. The molecule has 0 radical (unpaired) electrons. The van der Waals surface area contributed by atoms with Crippen molar-refractivity contribution in [3.63, 3.8) is 0 Å². The third-order valence-corrected chi connectivity index (χ3v) is 7.43. The van der Waals surface area contributed by atoms with E-state index in [1.165, 1.54) is 0 Å². The summed E-state index contributed by atoms with van der Waals surface area (Å²) in [5.41, 5.74) is 0.0342. The van der Waals surface area contributed by atoms with Crippen LogP contribution >= 0.6 is 90.4 Å². The number of amides is 1. The first kappa shape index (κ1) is 27.2. The fourth-order valence-electron chi connectivity index (χ4n) is 2.61. The van der Waals surface area contributed by atoms with Crippen molar-refractivity contribution in [1.29, 1.82) is 0 Å². The van der Waals surface area contributed by atoms with E-state index in [4.69, 9.17) is 9.47 Å². The topological polar surface area (TPSA) is 105 Å². The van der Waals surface area contributed by atoms with Crippen LogP contribution in [0.1, 0.15) is 32.8 Å². The highest BCUT2D eigenvalue weighted by atomic mass is 127. The van der Waals surface area contributed by atoms with Gasteiger partial charge >= 0.3 is 12.1 Å². The monoisotopic (exact) mass is 879 g/mol. The Morgan fingerprint density at radius 1 is 1.23 bits per heavy atom. The van der Waals surface area contributed by atoms with Crippen LogP contribution in [0.15, 0.2) is 33.3 Å². The molecule has 0 bridgehead atoms. The van der Waals surface area contributed by atoms with E-state index in [9.17, 15) is 19.8 Å². The zero-order chi connectivity index (χ0) is 23.5. The quantitative estimate of drug-likeness (QED) is 0.236. The maximum absolute atomic E-state index is 12.0. The van der Waals surface area contributed by atoms with Gasteiger partial charge in [-0.05, 0) is 112 Å². The van der Waals surface area contributed by atoms with E-state index < -0.39 is 23.7 Å². The summed E-state index contributed by atoms with van der Waals surface area (Å²) in [5, 5.41) is 22.0. The predicted molar refractivity (Wildman–Crippen MR) is 151 cm³/mol. The van der Waals surface area contributed by atoms with E-state index in [0.717, 1.165) is 22.0 Å². The fourth-order valence-corrected chi connectivity index (χ4v) is 6.82. The van der Waals surface area contributed by atoms with Crippen LogP contribution in [0.5, 0.6) is 5.75 Å². The second-order valence-electron chi connectivity index (χ2n) is 7.75. The van der Waals surface area contributed by atoms with Gasteiger partial charge in [0, 0.05) is 12.8 Å². The molecule has 3 N–H and O–H groups in total. The number of halogens is 4. The summed E-state index contributed by atoms with van der Waals surface area (Å²) in [5.74, 6) is 0.640. The van der Waals surface area contributed by atoms with E-state index in [1.54, 1.807) is 20.8 Å². The van der Waals surface area contributed by atoms with Gasteiger partial charge < -0.3 is 25.0 Å². The number of carbonyl (C=O) groups excluding carboxylic acids is 1. The van der Waals surface area contributed by atoms with Crippen molar-refractivity contribution < 1.29 is 29.3 Å². The van der Waals surface area contributed by atoms with E-state index in [1.807, 2.05) is 18.2 Å². The molecule has 1 amide bonds. The summed E-state index contributed by atoms with van der Waals surface area (Å²) in [6.45, 7) is 5.14. The van der Waals surface area contributed by atoms with Crippen molar-refractivity contribution in [3.05, 3.63) is 46.0 Å². The number of carbonyl (C=O) groups is 2. The number of carboxylic acid groups (broad SMARTS) is 1. The summed E-state index contributed by atoms with van der Waals surface area (Å²) >= 11 is 8.55. The minimum Gasteiger partial charge on any atom is -0.510 e. The maximum atomic E-state index is 12.0. The third kappa shape index (κ3) is 8.35. The average Bonchev–Trinajstić information content (AvgIpc) is 2.60. The first-order chi connectivity index (χ1) is 14.3. The van der Waals surface area contributed by atoms with Gasteiger partial charge in [0.05, 0.1) is 14.6 Å². The molecule has 1 aliphatic carbocycles. The molecular formula is C20H21I4NO6. The fraction of sp³-hybridized carbons (Fsp3) is 0.400. The van der Waals surface area contributed by atoms with Gasteiger partial charge in [-0.1, -0.05) is 22.6 Å². The minimum atomic E-state index is -1.14. The highest BCUT2D eigenvalue weighted by Crippen LogP contribution is 2.36. The number of aliphatic hydroxyl groups excluding tert-OH is 1. The lowest BCUT2D eigenvalue weighted by atomic mass is 10.1. The van der Waals surface area contributed by atoms with Crippen LogP contribution in [0.25, 0.3) is 0 Å². The number of rotatable bonds is 6. The smallest absolute Gasteiger partial charge is 0.408 e. The Morgan fingerprint density at radius 2 is 1.81 bits per heavy atom. The van der Waals surface area contributed by atoms with Crippen LogP contribution in [0.4, 0.5) is 4.79 Å². The molecule has 0 spiro atoms. The molecule has 0 saturated heterocycles. The summed E-state index contributed by atoms with van der Waals surface area (Å²) in [6, 6.07) is 2.56. The number of alkyl carbamates (subject to hydrolysis) is 1. The molecule has 0 aromatic heterocycles. The number of aliphatic carboxylic acids is 1. The number of hydrogen-bond acceptors (Lipinski definition) is 5. The molecule has 1 aliphatic rings. The van der Waals surface area contributed by atoms with Crippen molar-refractivity contribution in [1.82, 2.24) is 5.32 Å². The van der Waals surface area contributed by atoms with Crippen molar-refractivity contribution >= 4 is 102 Å². The van der Waals surface area contributed by atoms with Crippen molar-refractivity contribution in [3.8, 4) is 5.75 Å². The molecule has 1 aromatic carbocycles. The number of nitrogens with one attached hydrogen (secondary N) is 1. The maximum Gasteiger partial charge on any atom is 0.408 e. The van der Waals surface area contributed by atoms with Gasteiger partial charge in [-0.3, -0.25) is 0 Å². The van der Waals surface area contributed by atoms with Crippen LogP contribution in [0.3, 0.4) is 0 Å². The number of hydrogen-bond donors (Lipinski definition) is 3. The molecule has 0 fully saturated rings. The Bertz CT molecular complexity index is 915. The highest BCUT2D eigenvalue weighted by molar-refractivity contribution is 14.1. The van der Waals surface area contributed by atoms with E-state index in [2.05, 4.69) is 95.7 Å². The lowest BCUT2D eigenvalue weighted by Crippen LogP contribution is -2.44. The molecule has 7 nitrogen and oxygen atoms in total. The molecule has 2 rings (SSSR count). The van der Waals surface area contributed by atoms with E-state index in [0.29, 0.717) is 17.9 Å². The Labute approximate surface area is 235 Å². The Kier molecular flexibility index (Phi) is 10.00. The molecule has 2 atom stereocenters. The summed E-state index contributed by atoms with van der Waals surface area (Å²) in [4.78, 5) is 23.7. The summed E-state index contributed by atoms with van der Waals surface area (Å²) < 4.78 is 13.6. The molecule has 170 valence electrons.